The van der Waals surface area contributed by atoms with Crippen molar-refractivity contribution in [1.29, 1.82) is 0 Å². The van der Waals surface area contributed by atoms with Gasteiger partial charge in [0.15, 0.2) is 0 Å². The molecule has 8 heteroatoms. The Hall–Kier alpha value is -1.96. The Kier molecular flexibility index (Phi) is 6.75. The molecular formula is C18H19ClFNO4S. The minimum absolute atomic E-state index is 0.0818. The molecule has 0 saturated heterocycles. The van der Waals surface area contributed by atoms with Crippen LogP contribution in [0.5, 0.6) is 0 Å². The standard InChI is InChI=1S/C18H19ClFNO4S/c1-12-6-7-17(13(2)10-12)26(23,24)21-9-8-18(22)25-11-14-15(19)4-3-5-16(14)20/h3-7,10,21H,8-9,11H2,1-2H3. The normalized spacial score (nSPS) is 11.4. The lowest BCUT2D eigenvalue weighted by molar-refractivity contribution is -0.144. The average Bonchev–Trinajstić information content (AvgIpc) is 2.53. The van der Waals surface area contributed by atoms with Gasteiger partial charge in [0.25, 0.3) is 0 Å². The molecule has 2 aromatic carbocycles. The molecule has 0 bridgehead atoms. The molecule has 0 aliphatic rings. The number of nitrogens with one attached hydrogen (secondary N) is 1. The third-order valence-corrected chi connectivity index (χ3v) is 5.66. The number of hydrogen-bond acceptors (Lipinski definition) is 4. The van der Waals surface area contributed by atoms with Gasteiger partial charge in [0, 0.05) is 12.1 Å². The first-order chi connectivity index (χ1) is 12.2. The van der Waals surface area contributed by atoms with E-state index >= 15 is 0 Å². The number of sulfonamides is 1. The van der Waals surface area contributed by atoms with Crippen LogP contribution in [0, 0.1) is 19.7 Å². The van der Waals surface area contributed by atoms with Crippen LogP contribution < -0.4 is 4.72 Å². The number of ether oxygens (including phenoxy) is 1. The van der Waals surface area contributed by atoms with E-state index in [1.807, 2.05) is 6.92 Å². The van der Waals surface area contributed by atoms with Crippen molar-refractivity contribution in [3.8, 4) is 0 Å². The first kappa shape index (κ1) is 20.4. The van der Waals surface area contributed by atoms with E-state index in [0.29, 0.717) is 5.56 Å². The van der Waals surface area contributed by atoms with Crippen LogP contribution in [0.3, 0.4) is 0 Å². The zero-order valence-corrected chi connectivity index (χ0v) is 16.0. The van der Waals surface area contributed by atoms with E-state index in [1.54, 1.807) is 19.1 Å². The highest BCUT2D eigenvalue weighted by atomic mass is 35.5. The van der Waals surface area contributed by atoms with Gasteiger partial charge < -0.3 is 4.74 Å². The van der Waals surface area contributed by atoms with Gasteiger partial charge in [-0.05, 0) is 37.6 Å². The van der Waals surface area contributed by atoms with Gasteiger partial charge in [-0.2, -0.15) is 0 Å². The molecule has 1 N–H and O–H groups in total. The minimum Gasteiger partial charge on any atom is -0.461 e. The lowest BCUT2D eigenvalue weighted by atomic mass is 10.2. The fourth-order valence-corrected chi connectivity index (χ4v) is 3.83. The van der Waals surface area contributed by atoms with E-state index in [4.69, 9.17) is 16.3 Å². The summed E-state index contributed by atoms with van der Waals surface area (Å²) >= 11 is 5.85. The fraction of sp³-hybridized carbons (Fsp3) is 0.278. The van der Waals surface area contributed by atoms with Crippen LogP contribution in [-0.4, -0.2) is 20.9 Å². The molecule has 0 atom stereocenters. The lowest BCUT2D eigenvalue weighted by Gasteiger charge is -2.10. The van der Waals surface area contributed by atoms with Crippen LogP contribution in [-0.2, 0) is 26.2 Å². The van der Waals surface area contributed by atoms with Crippen molar-refractivity contribution in [3.63, 3.8) is 0 Å². The summed E-state index contributed by atoms with van der Waals surface area (Å²) < 4.78 is 45.5. The summed E-state index contributed by atoms with van der Waals surface area (Å²) in [5.41, 5.74) is 1.66. The number of benzene rings is 2. The van der Waals surface area contributed by atoms with Crippen LogP contribution in [0.25, 0.3) is 0 Å². The van der Waals surface area contributed by atoms with Gasteiger partial charge in [0.05, 0.1) is 16.3 Å². The molecule has 5 nitrogen and oxygen atoms in total. The molecule has 0 aromatic heterocycles. The number of carbonyl (C=O) groups excluding carboxylic acids is 1. The smallest absolute Gasteiger partial charge is 0.307 e. The van der Waals surface area contributed by atoms with Crippen molar-refractivity contribution in [2.45, 2.75) is 31.8 Å². The Labute approximate surface area is 157 Å². The highest BCUT2D eigenvalue weighted by molar-refractivity contribution is 7.89. The van der Waals surface area contributed by atoms with Crippen molar-refractivity contribution in [1.82, 2.24) is 4.72 Å². The van der Waals surface area contributed by atoms with E-state index in [-0.39, 0.29) is 35.1 Å². The van der Waals surface area contributed by atoms with Gasteiger partial charge >= 0.3 is 5.97 Å². The monoisotopic (exact) mass is 399 g/mol. The minimum atomic E-state index is -3.72. The maximum absolute atomic E-state index is 13.6. The summed E-state index contributed by atoms with van der Waals surface area (Å²) in [5.74, 6) is -1.23. The highest BCUT2D eigenvalue weighted by Gasteiger charge is 2.17. The summed E-state index contributed by atoms with van der Waals surface area (Å²) in [7, 11) is -3.72. The summed E-state index contributed by atoms with van der Waals surface area (Å²) in [5, 5.41) is 0.161. The van der Waals surface area contributed by atoms with Crippen molar-refractivity contribution in [2.24, 2.45) is 0 Å². The second-order valence-electron chi connectivity index (χ2n) is 5.78. The Morgan fingerprint density at radius 2 is 1.96 bits per heavy atom. The molecule has 26 heavy (non-hydrogen) atoms. The predicted octanol–water partition coefficient (Wildman–Crippen LogP) is 3.51. The first-order valence-corrected chi connectivity index (χ1v) is 9.72. The molecule has 0 unspecified atom stereocenters. The summed E-state index contributed by atoms with van der Waals surface area (Å²) in [6.07, 6.45) is -0.184. The molecule has 0 amide bonds. The van der Waals surface area contributed by atoms with Gasteiger partial charge in [-0.3, -0.25) is 4.79 Å². The Bertz CT molecular complexity index is 895. The second-order valence-corrected chi connectivity index (χ2v) is 7.92. The number of aryl methyl sites for hydroxylation is 2. The van der Waals surface area contributed by atoms with Gasteiger partial charge in [0.2, 0.25) is 10.0 Å². The molecule has 0 saturated carbocycles. The zero-order valence-electron chi connectivity index (χ0n) is 14.4. The molecule has 140 valence electrons. The molecule has 0 radical (unpaired) electrons. The van der Waals surface area contributed by atoms with E-state index in [9.17, 15) is 17.6 Å². The van der Waals surface area contributed by atoms with Crippen molar-refractivity contribution < 1.29 is 22.3 Å². The van der Waals surface area contributed by atoms with E-state index in [0.717, 1.165) is 5.56 Å². The molecular weight excluding hydrogens is 381 g/mol. The third-order valence-electron chi connectivity index (χ3n) is 3.68. The number of halogens is 2. The van der Waals surface area contributed by atoms with Gasteiger partial charge in [-0.1, -0.05) is 35.4 Å². The van der Waals surface area contributed by atoms with Gasteiger partial charge in [0.1, 0.15) is 12.4 Å². The first-order valence-electron chi connectivity index (χ1n) is 7.86. The number of rotatable bonds is 7. The third kappa shape index (κ3) is 5.27. The predicted molar refractivity (Wildman–Crippen MR) is 96.9 cm³/mol. The lowest BCUT2D eigenvalue weighted by Crippen LogP contribution is -2.27. The summed E-state index contributed by atoms with van der Waals surface area (Å²) in [6.45, 7) is 3.14. The van der Waals surface area contributed by atoms with Crippen LogP contribution in [0.2, 0.25) is 5.02 Å². The van der Waals surface area contributed by atoms with Crippen LogP contribution in [0.1, 0.15) is 23.1 Å². The van der Waals surface area contributed by atoms with Gasteiger partial charge in [-0.15, -0.1) is 0 Å². The summed E-state index contributed by atoms with van der Waals surface area (Å²) in [6, 6.07) is 9.14. The molecule has 0 aliphatic heterocycles. The van der Waals surface area contributed by atoms with Gasteiger partial charge in [-0.25, -0.2) is 17.5 Å². The topological polar surface area (TPSA) is 72.5 Å². The molecule has 2 rings (SSSR count). The van der Waals surface area contributed by atoms with E-state index in [1.165, 1.54) is 24.3 Å². The quantitative estimate of drug-likeness (QED) is 0.723. The summed E-state index contributed by atoms with van der Waals surface area (Å²) in [4.78, 5) is 11.9. The maximum atomic E-state index is 13.6. The van der Waals surface area contributed by atoms with Crippen LogP contribution in [0.15, 0.2) is 41.3 Å². The molecule has 0 fully saturated rings. The average molecular weight is 400 g/mol. The zero-order chi connectivity index (χ0) is 19.3. The fourth-order valence-electron chi connectivity index (χ4n) is 2.36. The van der Waals surface area contributed by atoms with E-state index < -0.39 is 21.8 Å². The Balaban J connectivity index is 1.88. The number of esters is 1. The molecule has 0 heterocycles. The van der Waals surface area contributed by atoms with Crippen LogP contribution in [0.4, 0.5) is 4.39 Å². The van der Waals surface area contributed by atoms with Crippen molar-refractivity contribution >= 4 is 27.6 Å². The van der Waals surface area contributed by atoms with E-state index in [2.05, 4.69) is 4.72 Å². The molecule has 2 aromatic rings. The maximum Gasteiger partial charge on any atom is 0.307 e. The van der Waals surface area contributed by atoms with Crippen molar-refractivity contribution in [3.05, 3.63) is 63.9 Å². The second kappa shape index (κ2) is 8.62. The SMILES string of the molecule is Cc1ccc(S(=O)(=O)NCCC(=O)OCc2c(F)cccc2Cl)c(C)c1. The number of hydrogen-bond donors (Lipinski definition) is 1. The Morgan fingerprint density at radius 1 is 1.23 bits per heavy atom. The van der Waals surface area contributed by atoms with Crippen molar-refractivity contribution in [2.75, 3.05) is 6.54 Å². The highest BCUT2D eigenvalue weighted by Crippen LogP contribution is 2.20. The molecule has 0 spiro atoms. The number of carbonyl (C=O) groups is 1. The molecule has 0 aliphatic carbocycles. The largest absolute Gasteiger partial charge is 0.461 e. The Morgan fingerprint density at radius 3 is 2.62 bits per heavy atom. The van der Waals surface area contributed by atoms with Crippen LogP contribution >= 0.6 is 11.6 Å².